The van der Waals surface area contributed by atoms with Crippen LogP contribution in [-0.2, 0) is 0 Å². The lowest BCUT2D eigenvalue weighted by molar-refractivity contribution is 0.327. The van der Waals surface area contributed by atoms with Gasteiger partial charge in [0.25, 0.3) is 0 Å². The van der Waals surface area contributed by atoms with Crippen LogP contribution in [0.1, 0.15) is 33.1 Å². The van der Waals surface area contributed by atoms with Gasteiger partial charge in [-0.25, -0.2) is 4.98 Å². The van der Waals surface area contributed by atoms with Crippen LogP contribution in [0.25, 0.3) is 0 Å². The summed E-state index contributed by atoms with van der Waals surface area (Å²) in [5.74, 6) is 1.54. The fourth-order valence-corrected chi connectivity index (χ4v) is 2.95. The molecule has 0 bridgehead atoms. The number of aromatic nitrogens is 2. The Hall–Kier alpha value is -1.07. The van der Waals surface area contributed by atoms with E-state index in [1.807, 2.05) is 0 Å². The number of anilines is 2. The van der Waals surface area contributed by atoms with Crippen molar-refractivity contribution in [3.05, 3.63) is 11.2 Å². The molecule has 0 amide bonds. The Balaban J connectivity index is 2.24. The molecule has 1 N–H and O–H groups in total. The highest BCUT2D eigenvalue weighted by Crippen LogP contribution is 2.28. The van der Waals surface area contributed by atoms with Gasteiger partial charge < -0.3 is 15.1 Å². The van der Waals surface area contributed by atoms with Crippen LogP contribution < -0.4 is 10.2 Å². The van der Waals surface area contributed by atoms with Crippen molar-refractivity contribution in [1.29, 1.82) is 0 Å². The molecule has 1 fully saturated rings. The van der Waals surface area contributed by atoms with E-state index >= 15 is 0 Å². The van der Waals surface area contributed by atoms with Gasteiger partial charge in [-0.1, -0.05) is 25.4 Å². The first-order valence-electron chi connectivity index (χ1n) is 7.87. The van der Waals surface area contributed by atoms with Crippen LogP contribution in [0.4, 0.5) is 11.8 Å². The Morgan fingerprint density at radius 2 is 2.19 bits per heavy atom. The van der Waals surface area contributed by atoms with E-state index in [1.165, 1.54) is 0 Å². The molecule has 2 heterocycles. The summed E-state index contributed by atoms with van der Waals surface area (Å²) in [6, 6.07) is 0.448. The lowest BCUT2D eigenvalue weighted by Crippen LogP contribution is -2.40. The normalized spacial score (nSPS) is 20.4. The molecule has 6 heteroatoms. The Labute approximate surface area is 132 Å². The lowest BCUT2D eigenvalue weighted by atomic mass is 10.2. The van der Waals surface area contributed by atoms with Crippen molar-refractivity contribution < 1.29 is 0 Å². The molecule has 0 saturated carbocycles. The van der Waals surface area contributed by atoms with Crippen molar-refractivity contribution in [2.75, 3.05) is 43.4 Å². The zero-order valence-electron chi connectivity index (χ0n) is 13.3. The quantitative estimate of drug-likeness (QED) is 0.906. The minimum atomic E-state index is 0.448. The van der Waals surface area contributed by atoms with Crippen molar-refractivity contribution in [3.8, 4) is 0 Å². The summed E-state index contributed by atoms with van der Waals surface area (Å²) < 4.78 is 0. The van der Waals surface area contributed by atoms with Crippen molar-refractivity contribution in [2.24, 2.45) is 0 Å². The summed E-state index contributed by atoms with van der Waals surface area (Å²) in [4.78, 5) is 13.7. The molecule has 0 aromatic carbocycles. The van der Waals surface area contributed by atoms with Gasteiger partial charge in [0.1, 0.15) is 5.02 Å². The van der Waals surface area contributed by atoms with Gasteiger partial charge in [0.15, 0.2) is 5.82 Å². The van der Waals surface area contributed by atoms with Gasteiger partial charge in [-0.05, 0) is 32.9 Å². The maximum atomic E-state index is 6.37. The topological polar surface area (TPSA) is 44.3 Å². The molecule has 1 saturated heterocycles. The minimum Gasteiger partial charge on any atom is -0.354 e. The molecule has 1 aromatic heterocycles. The van der Waals surface area contributed by atoms with E-state index in [9.17, 15) is 0 Å². The van der Waals surface area contributed by atoms with Crippen LogP contribution in [0.5, 0.6) is 0 Å². The molecule has 1 aromatic rings. The largest absolute Gasteiger partial charge is 0.354 e. The second kappa shape index (κ2) is 7.80. The average molecular weight is 312 g/mol. The molecule has 2 rings (SSSR count). The molecule has 118 valence electrons. The van der Waals surface area contributed by atoms with Crippen LogP contribution in [0.3, 0.4) is 0 Å². The SMILES string of the molecule is CCCNc1ncc(Cl)c(N2CCCN(C)CC2CC)n1. The number of rotatable bonds is 5. The second-order valence-electron chi connectivity index (χ2n) is 5.66. The van der Waals surface area contributed by atoms with Gasteiger partial charge in [-0.15, -0.1) is 0 Å². The van der Waals surface area contributed by atoms with E-state index in [1.54, 1.807) is 6.20 Å². The lowest BCUT2D eigenvalue weighted by Gasteiger charge is -2.31. The molecule has 0 spiro atoms. The van der Waals surface area contributed by atoms with Gasteiger partial charge in [0.2, 0.25) is 5.95 Å². The zero-order valence-corrected chi connectivity index (χ0v) is 14.0. The van der Waals surface area contributed by atoms with E-state index in [0.29, 0.717) is 17.0 Å². The third-order valence-corrected chi connectivity index (χ3v) is 4.17. The van der Waals surface area contributed by atoms with Crippen molar-refractivity contribution in [1.82, 2.24) is 14.9 Å². The maximum Gasteiger partial charge on any atom is 0.224 e. The molecule has 1 aliphatic rings. The molecule has 0 radical (unpaired) electrons. The van der Waals surface area contributed by atoms with Gasteiger partial charge in [-0.2, -0.15) is 4.98 Å². The number of nitrogens with zero attached hydrogens (tertiary/aromatic N) is 4. The first kappa shape index (κ1) is 16.3. The predicted octanol–water partition coefficient (Wildman–Crippen LogP) is 2.87. The molecular weight excluding hydrogens is 286 g/mol. The highest BCUT2D eigenvalue weighted by atomic mass is 35.5. The highest BCUT2D eigenvalue weighted by Gasteiger charge is 2.25. The number of nitrogens with one attached hydrogen (secondary N) is 1. The third kappa shape index (κ3) is 4.20. The summed E-state index contributed by atoms with van der Waals surface area (Å²) in [5.41, 5.74) is 0. The monoisotopic (exact) mass is 311 g/mol. The summed E-state index contributed by atoms with van der Waals surface area (Å²) >= 11 is 6.37. The zero-order chi connectivity index (χ0) is 15.2. The summed E-state index contributed by atoms with van der Waals surface area (Å²) in [6.45, 7) is 8.39. The van der Waals surface area contributed by atoms with E-state index in [-0.39, 0.29) is 0 Å². The highest BCUT2D eigenvalue weighted by molar-refractivity contribution is 6.32. The molecule has 0 aliphatic carbocycles. The number of likely N-dealkylation sites (N-methyl/N-ethyl adjacent to an activating group) is 1. The number of hydrogen-bond donors (Lipinski definition) is 1. The van der Waals surface area contributed by atoms with E-state index in [2.05, 4.69) is 46.0 Å². The van der Waals surface area contributed by atoms with Crippen LogP contribution in [0, 0.1) is 0 Å². The Bertz CT molecular complexity index is 454. The summed E-state index contributed by atoms with van der Waals surface area (Å²) in [5, 5.41) is 3.88. The van der Waals surface area contributed by atoms with Crippen molar-refractivity contribution >= 4 is 23.4 Å². The Morgan fingerprint density at radius 1 is 1.38 bits per heavy atom. The fourth-order valence-electron chi connectivity index (χ4n) is 2.75. The Morgan fingerprint density at radius 3 is 2.90 bits per heavy atom. The molecule has 21 heavy (non-hydrogen) atoms. The smallest absolute Gasteiger partial charge is 0.224 e. The minimum absolute atomic E-state index is 0.448. The maximum absolute atomic E-state index is 6.37. The number of hydrogen-bond acceptors (Lipinski definition) is 5. The predicted molar refractivity (Wildman–Crippen MR) is 89.4 cm³/mol. The molecule has 5 nitrogen and oxygen atoms in total. The molecule has 1 unspecified atom stereocenters. The van der Waals surface area contributed by atoms with Crippen molar-refractivity contribution in [2.45, 2.75) is 39.2 Å². The average Bonchev–Trinajstić information content (AvgIpc) is 2.67. The van der Waals surface area contributed by atoms with Crippen molar-refractivity contribution in [3.63, 3.8) is 0 Å². The summed E-state index contributed by atoms with van der Waals surface area (Å²) in [7, 11) is 2.18. The molecule has 1 atom stereocenters. The molecular formula is C15H26ClN5. The molecule has 1 aliphatic heterocycles. The van der Waals surface area contributed by atoms with Gasteiger partial charge in [0, 0.05) is 25.7 Å². The fraction of sp³-hybridized carbons (Fsp3) is 0.733. The van der Waals surface area contributed by atoms with Crippen LogP contribution in [0.2, 0.25) is 5.02 Å². The van der Waals surface area contributed by atoms with E-state index in [0.717, 1.165) is 51.3 Å². The summed E-state index contributed by atoms with van der Waals surface area (Å²) in [6.07, 6.45) is 4.98. The van der Waals surface area contributed by atoms with E-state index < -0.39 is 0 Å². The first-order valence-corrected chi connectivity index (χ1v) is 8.25. The van der Waals surface area contributed by atoms with Crippen LogP contribution in [-0.4, -0.2) is 54.1 Å². The van der Waals surface area contributed by atoms with Crippen LogP contribution >= 0.6 is 11.6 Å². The number of halogens is 1. The van der Waals surface area contributed by atoms with E-state index in [4.69, 9.17) is 11.6 Å². The van der Waals surface area contributed by atoms with Gasteiger partial charge in [0.05, 0.1) is 6.20 Å². The standard InChI is InChI=1S/C15H26ClN5/c1-4-7-17-15-18-10-13(16)14(19-15)21-9-6-8-20(3)11-12(21)5-2/h10,12H,4-9,11H2,1-3H3,(H,17,18,19). The van der Waals surface area contributed by atoms with Crippen LogP contribution in [0.15, 0.2) is 6.20 Å². The third-order valence-electron chi connectivity index (χ3n) is 3.90. The Kier molecular flexibility index (Phi) is 6.06. The van der Waals surface area contributed by atoms with Gasteiger partial charge in [-0.3, -0.25) is 0 Å². The van der Waals surface area contributed by atoms with Gasteiger partial charge >= 0.3 is 0 Å². The second-order valence-corrected chi connectivity index (χ2v) is 6.07. The first-order chi connectivity index (χ1) is 10.2.